The lowest BCUT2D eigenvalue weighted by atomic mass is 9.76. The monoisotopic (exact) mass is 363 g/mol. The van der Waals surface area contributed by atoms with Crippen molar-refractivity contribution in [1.82, 2.24) is 0 Å². The molecule has 7 heteroatoms. The summed E-state index contributed by atoms with van der Waals surface area (Å²) in [4.78, 5) is 13.4. The van der Waals surface area contributed by atoms with Crippen LogP contribution in [0.3, 0.4) is 0 Å². The summed E-state index contributed by atoms with van der Waals surface area (Å²) in [5.41, 5.74) is -1.37. The SMILES string of the molecule is C[C@]1(O)C[C@@H](N2C(=O)Cc3cc(Br)cc(C(F)(F)F)c32)C1. The van der Waals surface area contributed by atoms with E-state index in [4.69, 9.17) is 0 Å². The number of amides is 1. The van der Waals surface area contributed by atoms with Crippen molar-refractivity contribution in [2.24, 2.45) is 0 Å². The van der Waals surface area contributed by atoms with Crippen LogP contribution in [0.2, 0.25) is 0 Å². The van der Waals surface area contributed by atoms with Crippen LogP contribution < -0.4 is 4.90 Å². The van der Waals surface area contributed by atoms with E-state index in [1.54, 1.807) is 13.0 Å². The molecule has 0 atom stereocenters. The van der Waals surface area contributed by atoms with Crippen molar-refractivity contribution in [2.45, 2.75) is 44.0 Å². The predicted octanol–water partition coefficient (Wildman–Crippen LogP) is 3.27. The normalized spacial score (nSPS) is 28.6. The van der Waals surface area contributed by atoms with Gasteiger partial charge in [0.05, 0.1) is 23.3 Å². The minimum Gasteiger partial charge on any atom is -0.390 e. The molecule has 3 nitrogen and oxygen atoms in total. The number of alkyl halides is 3. The third-order valence-electron chi connectivity index (χ3n) is 4.03. The van der Waals surface area contributed by atoms with Crippen LogP contribution in [-0.2, 0) is 17.4 Å². The number of fused-ring (bicyclic) bond motifs is 1. The fourth-order valence-corrected chi connectivity index (χ4v) is 3.69. The second-order valence-corrected chi connectivity index (χ2v) is 6.87. The predicted molar refractivity (Wildman–Crippen MR) is 74.0 cm³/mol. The van der Waals surface area contributed by atoms with Gasteiger partial charge in [-0.25, -0.2) is 0 Å². The Balaban J connectivity index is 2.07. The summed E-state index contributed by atoms with van der Waals surface area (Å²) in [6, 6.07) is 2.19. The lowest BCUT2D eigenvalue weighted by Gasteiger charge is -2.46. The number of nitrogens with zero attached hydrogens (tertiary/aromatic N) is 1. The maximum Gasteiger partial charge on any atom is 0.418 e. The molecule has 0 bridgehead atoms. The van der Waals surface area contributed by atoms with E-state index in [1.165, 1.54) is 4.90 Å². The van der Waals surface area contributed by atoms with Gasteiger partial charge in [0.15, 0.2) is 0 Å². The zero-order chi connectivity index (χ0) is 15.6. The molecule has 1 fully saturated rings. The number of rotatable bonds is 1. The van der Waals surface area contributed by atoms with Crippen LogP contribution in [0.15, 0.2) is 16.6 Å². The van der Waals surface area contributed by atoms with E-state index in [9.17, 15) is 23.1 Å². The third kappa shape index (κ3) is 2.46. The first-order chi connectivity index (χ1) is 9.58. The molecule has 0 saturated heterocycles. The van der Waals surface area contributed by atoms with Gasteiger partial charge in [0.25, 0.3) is 0 Å². The van der Waals surface area contributed by atoms with Gasteiger partial charge in [-0.3, -0.25) is 4.79 Å². The lowest BCUT2D eigenvalue weighted by molar-refractivity contribution is -0.137. The van der Waals surface area contributed by atoms with Crippen molar-refractivity contribution >= 4 is 27.5 Å². The van der Waals surface area contributed by atoms with Gasteiger partial charge in [-0.1, -0.05) is 15.9 Å². The maximum absolute atomic E-state index is 13.3. The van der Waals surface area contributed by atoms with E-state index in [2.05, 4.69) is 15.9 Å². The Hall–Kier alpha value is -1.08. The molecule has 0 spiro atoms. The average Bonchev–Trinajstić information content (AvgIpc) is 2.58. The molecule has 3 rings (SSSR count). The van der Waals surface area contributed by atoms with Crippen LogP contribution in [0.1, 0.15) is 30.9 Å². The molecule has 2 aliphatic rings. The molecule has 1 aliphatic carbocycles. The molecule has 1 heterocycles. The number of aliphatic hydroxyl groups is 1. The summed E-state index contributed by atoms with van der Waals surface area (Å²) in [5, 5.41) is 9.78. The molecule has 1 aromatic rings. The van der Waals surface area contributed by atoms with E-state index in [1.807, 2.05) is 0 Å². The van der Waals surface area contributed by atoms with Crippen molar-refractivity contribution < 1.29 is 23.1 Å². The third-order valence-corrected chi connectivity index (χ3v) is 4.48. The van der Waals surface area contributed by atoms with Crippen LogP contribution in [0.5, 0.6) is 0 Å². The number of hydrogen-bond acceptors (Lipinski definition) is 2. The Labute approximate surface area is 127 Å². The molecule has 1 N–H and O–H groups in total. The average molecular weight is 364 g/mol. The van der Waals surface area contributed by atoms with E-state index in [0.717, 1.165) is 6.07 Å². The Morgan fingerprint density at radius 3 is 2.52 bits per heavy atom. The van der Waals surface area contributed by atoms with Gasteiger partial charge in [-0.2, -0.15) is 13.2 Å². The standard InChI is InChI=1S/C14H13BrF3NO2/c1-13(21)5-9(6-13)19-11(20)3-7-2-8(15)4-10(12(7)19)14(16,17)18/h2,4,9,21H,3,5-6H2,1H3/t9-,13+. The largest absolute Gasteiger partial charge is 0.418 e. The van der Waals surface area contributed by atoms with E-state index < -0.39 is 17.3 Å². The second-order valence-electron chi connectivity index (χ2n) is 5.96. The van der Waals surface area contributed by atoms with Gasteiger partial charge in [-0.05, 0) is 37.5 Å². The van der Waals surface area contributed by atoms with Crippen LogP contribution in [0.4, 0.5) is 18.9 Å². The Bertz CT molecular complexity index is 619. The van der Waals surface area contributed by atoms with Crippen LogP contribution in [0, 0.1) is 0 Å². The summed E-state index contributed by atoms with van der Waals surface area (Å²) in [6.07, 6.45) is -3.96. The Morgan fingerprint density at radius 1 is 1.38 bits per heavy atom. The minimum absolute atomic E-state index is 0.0313. The first-order valence-electron chi connectivity index (χ1n) is 6.52. The molecule has 114 valence electrons. The van der Waals surface area contributed by atoms with Crippen molar-refractivity contribution in [3.63, 3.8) is 0 Å². The molecular weight excluding hydrogens is 351 g/mol. The minimum atomic E-state index is -4.52. The van der Waals surface area contributed by atoms with Crippen molar-refractivity contribution in [3.05, 3.63) is 27.7 Å². The molecule has 0 unspecified atom stereocenters. The summed E-state index contributed by atoms with van der Waals surface area (Å²) in [6.45, 7) is 1.62. The number of halogens is 4. The zero-order valence-corrected chi connectivity index (χ0v) is 12.8. The van der Waals surface area contributed by atoms with Gasteiger partial charge in [0, 0.05) is 10.5 Å². The van der Waals surface area contributed by atoms with E-state index in [0.29, 0.717) is 22.9 Å². The molecule has 1 amide bonds. The van der Waals surface area contributed by atoms with Crippen molar-refractivity contribution in [3.8, 4) is 0 Å². The van der Waals surface area contributed by atoms with Gasteiger partial charge < -0.3 is 10.0 Å². The maximum atomic E-state index is 13.3. The Kier molecular flexibility index (Phi) is 3.15. The summed E-state index contributed by atoms with van der Waals surface area (Å²) >= 11 is 3.06. The van der Waals surface area contributed by atoms with Gasteiger partial charge >= 0.3 is 6.18 Å². The second kappa shape index (κ2) is 4.46. The van der Waals surface area contributed by atoms with Gasteiger partial charge in [-0.15, -0.1) is 0 Å². The molecule has 1 saturated carbocycles. The summed E-state index contributed by atoms with van der Waals surface area (Å²) < 4.78 is 40.1. The highest BCUT2D eigenvalue weighted by atomic mass is 79.9. The Morgan fingerprint density at radius 2 is 2.00 bits per heavy atom. The smallest absolute Gasteiger partial charge is 0.390 e. The van der Waals surface area contributed by atoms with Crippen LogP contribution >= 0.6 is 15.9 Å². The lowest BCUT2D eigenvalue weighted by Crippen LogP contribution is -2.55. The number of hydrogen-bond donors (Lipinski definition) is 1. The van der Waals surface area contributed by atoms with Crippen LogP contribution in [0.25, 0.3) is 0 Å². The number of carbonyl (C=O) groups excluding carboxylic acids is 1. The highest BCUT2D eigenvalue weighted by Gasteiger charge is 2.49. The highest BCUT2D eigenvalue weighted by molar-refractivity contribution is 9.10. The molecule has 1 aliphatic heterocycles. The topological polar surface area (TPSA) is 40.5 Å². The number of benzene rings is 1. The number of carbonyl (C=O) groups is 1. The molecule has 0 aromatic heterocycles. The van der Waals surface area contributed by atoms with E-state index >= 15 is 0 Å². The molecule has 0 radical (unpaired) electrons. The summed E-state index contributed by atoms with van der Waals surface area (Å²) in [5.74, 6) is -0.339. The van der Waals surface area contributed by atoms with E-state index in [-0.39, 0.29) is 24.1 Å². The number of anilines is 1. The van der Waals surface area contributed by atoms with Crippen molar-refractivity contribution in [2.75, 3.05) is 4.90 Å². The first-order valence-corrected chi connectivity index (χ1v) is 7.32. The quantitative estimate of drug-likeness (QED) is 0.831. The van der Waals surface area contributed by atoms with Crippen LogP contribution in [-0.4, -0.2) is 22.7 Å². The first kappa shape index (κ1) is 14.8. The zero-order valence-electron chi connectivity index (χ0n) is 11.2. The van der Waals surface area contributed by atoms with Crippen molar-refractivity contribution in [1.29, 1.82) is 0 Å². The molecule has 1 aromatic carbocycles. The molecule has 21 heavy (non-hydrogen) atoms. The fraction of sp³-hybridized carbons (Fsp3) is 0.500. The van der Waals surface area contributed by atoms with Gasteiger partial charge in [0.1, 0.15) is 0 Å². The summed E-state index contributed by atoms with van der Waals surface area (Å²) in [7, 11) is 0. The van der Waals surface area contributed by atoms with Gasteiger partial charge in [0.2, 0.25) is 5.91 Å². The molecular formula is C14H13BrF3NO2. The highest BCUT2D eigenvalue weighted by Crippen LogP contribution is 2.48. The fourth-order valence-electron chi connectivity index (χ4n) is 3.19.